The van der Waals surface area contributed by atoms with Crippen LogP contribution in [-0.4, -0.2) is 4.98 Å². The van der Waals surface area contributed by atoms with Crippen molar-refractivity contribution in [2.75, 3.05) is 11.5 Å². The third-order valence-corrected chi connectivity index (χ3v) is 2.29. The first-order valence-electron chi connectivity index (χ1n) is 4.30. The minimum atomic E-state index is -0.601. The normalized spacial score (nSPS) is 10.9. The smallest absolute Gasteiger partial charge is 0.149 e. The summed E-state index contributed by atoms with van der Waals surface area (Å²) in [7, 11) is 0. The van der Waals surface area contributed by atoms with E-state index in [0.29, 0.717) is 0 Å². The summed E-state index contributed by atoms with van der Waals surface area (Å²) < 4.78 is 27.1. The maximum absolute atomic E-state index is 13.7. The highest BCUT2D eigenvalue weighted by atomic mass is 19.1. The third-order valence-electron chi connectivity index (χ3n) is 2.29. The van der Waals surface area contributed by atoms with Gasteiger partial charge in [0.25, 0.3) is 0 Å². The quantitative estimate of drug-likeness (QED) is 0.697. The number of hydrogen-bond acceptors (Lipinski definition) is 3. The van der Waals surface area contributed by atoms with Gasteiger partial charge in [-0.2, -0.15) is 0 Å². The van der Waals surface area contributed by atoms with Crippen LogP contribution in [0.4, 0.5) is 20.2 Å². The molecule has 0 saturated heterocycles. The predicted molar refractivity (Wildman–Crippen MR) is 55.2 cm³/mol. The van der Waals surface area contributed by atoms with Crippen molar-refractivity contribution in [2.24, 2.45) is 0 Å². The van der Waals surface area contributed by atoms with Gasteiger partial charge in [0, 0.05) is 0 Å². The van der Waals surface area contributed by atoms with Crippen LogP contribution in [0, 0.1) is 18.6 Å². The van der Waals surface area contributed by atoms with Crippen molar-refractivity contribution >= 4 is 22.3 Å². The van der Waals surface area contributed by atoms with E-state index in [1.165, 1.54) is 13.1 Å². The van der Waals surface area contributed by atoms with Gasteiger partial charge in [-0.3, -0.25) is 4.98 Å². The van der Waals surface area contributed by atoms with E-state index in [0.717, 1.165) is 6.07 Å². The van der Waals surface area contributed by atoms with E-state index >= 15 is 0 Å². The van der Waals surface area contributed by atoms with E-state index in [2.05, 4.69) is 4.98 Å². The van der Waals surface area contributed by atoms with Gasteiger partial charge in [-0.05, 0) is 18.6 Å². The van der Waals surface area contributed by atoms with E-state index in [1.807, 2.05) is 0 Å². The van der Waals surface area contributed by atoms with Crippen LogP contribution in [0.1, 0.15) is 5.56 Å². The van der Waals surface area contributed by atoms with Crippen LogP contribution in [0.5, 0.6) is 0 Å². The van der Waals surface area contributed by atoms with Gasteiger partial charge in [-0.15, -0.1) is 0 Å². The first kappa shape index (κ1) is 9.64. The second-order valence-corrected chi connectivity index (χ2v) is 3.34. The average molecular weight is 209 g/mol. The van der Waals surface area contributed by atoms with Crippen LogP contribution in [0.3, 0.4) is 0 Å². The van der Waals surface area contributed by atoms with Gasteiger partial charge in [0.05, 0.1) is 23.0 Å². The number of benzene rings is 1. The number of hydrogen-bond donors (Lipinski definition) is 2. The predicted octanol–water partition coefficient (Wildman–Crippen LogP) is 1.99. The van der Waals surface area contributed by atoms with E-state index < -0.39 is 11.6 Å². The maximum atomic E-state index is 13.7. The van der Waals surface area contributed by atoms with Crippen molar-refractivity contribution < 1.29 is 8.78 Å². The van der Waals surface area contributed by atoms with Crippen molar-refractivity contribution in [1.29, 1.82) is 0 Å². The Hall–Kier alpha value is -1.91. The van der Waals surface area contributed by atoms with Gasteiger partial charge in [-0.1, -0.05) is 0 Å². The highest BCUT2D eigenvalue weighted by Gasteiger charge is 2.14. The second-order valence-electron chi connectivity index (χ2n) is 3.34. The molecule has 1 aromatic heterocycles. The minimum absolute atomic E-state index is 0.0279. The van der Waals surface area contributed by atoms with Crippen molar-refractivity contribution in [1.82, 2.24) is 4.98 Å². The molecule has 2 rings (SSSR count). The number of rotatable bonds is 0. The molecular formula is C10H9F2N3. The Balaban J connectivity index is 3.04. The summed E-state index contributed by atoms with van der Waals surface area (Å²) in [4.78, 5) is 3.72. The van der Waals surface area contributed by atoms with Crippen LogP contribution in [0.2, 0.25) is 0 Å². The largest absolute Gasteiger partial charge is 0.396 e. The number of nitrogens with two attached hydrogens (primary N) is 2. The zero-order chi connectivity index (χ0) is 11.2. The Morgan fingerprint density at radius 3 is 2.60 bits per heavy atom. The standard InChI is InChI=1S/C10H9F2N3/c1-4-2-5(11)10-7(8(4)12)9(14)6(13)3-15-10/h2-3H,13H2,1H3,(H2,14,15). The molecule has 0 aliphatic rings. The fourth-order valence-corrected chi connectivity index (χ4v) is 1.46. The number of aryl methyl sites for hydroxylation is 1. The van der Waals surface area contributed by atoms with Gasteiger partial charge < -0.3 is 11.5 Å². The van der Waals surface area contributed by atoms with Crippen molar-refractivity contribution in [2.45, 2.75) is 6.92 Å². The molecule has 0 radical (unpaired) electrons. The molecule has 0 bridgehead atoms. The van der Waals surface area contributed by atoms with E-state index in [4.69, 9.17) is 11.5 Å². The van der Waals surface area contributed by atoms with Gasteiger partial charge in [-0.25, -0.2) is 8.78 Å². The Kier molecular flexibility index (Phi) is 1.96. The molecule has 0 saturated carbocycles. The number of aromatic nitrogens is 1. The van der Waals surface area contributed by atoms with Crippen molar-refractivity contribution in [3.05, 3.63) is 29.5 Å². The molecule has 1 aromatic carbocycles. The molecule has 5 heteroatoms. The number of fused-ring (bicyclic) bond motifs is 1. The monoisotopic (exact) mass is 209 g/mol. The molecule has 0 atom stereocenters. The second kappa shape index (κ2) is 3.05. The topological polar surface area (TPSA) is 64.9 Å². The number of halogens is 2. The highest BCUT2D eigenvalue weighted by molar-refractivity contribution is 5.96. The summed E-state index contributed by atoms with van der Waals surface area (Å²) in [5.41, 5.74) is 11.3. The van der Waals surface area contributed by atoms with Gasteiger partial charge in [0.1, 0.15) is 17.2 Å². The van der Waals surface area contributed by atoms with E-state index in [1.54, 1.807) is 0 Å². The fourth-order valence-electron chi connectivity index (χ4n) is 1.46. The molecular weight excluding hydrogens is 200 g/mol. The van der Waals surface area contributed by atoms with Crippen LogP contribution in [0.15, 0.2) is 12.3 Å². The molecule has 3 nitrogen and oxygen atoms in total. The summed E-state index contributed by atoms with van der Waals surface area (Å²) >= 11 is 0. The first-order valence-corrected chi connectivity index (χ1v) is 4.30. The van der Waals surface area contributed by atoms with Gasteiger partial charge in [0.15, 0.2) is 0 Å². The first-order chi connectivity index (χ1) is 7.02. The summed E-state index contributed by atoms with van der Waals surface area (Å²) in [6, 6.07) is 1.08. The third kappa shape index (κ3) is 1.27. The van der Waals surface area contributed by atoms with Crippen LogP contribution < -0.4 is 11.5 Å². The molecule has 1 heterocycles. The molecule has 2 aromatic rings. The molecule has 0 amide bonds. The zero-order valence-electron chi connectivity index (χ0n) is 8.01. The summed E-state index contributed by atoms with van der Waals surface area (Å²) in [5.74, 6) is -1.18. The number of anilines is 2. The lowest BCUT2D eigenvalue weighted by Gasteiger charge is -2.08. The fraction of sp³-hybridized carbons (Fsp3) is 0.100. The van der Waals surface area contributed by atoms with Gasteiger partial charge in [0.2, 0.25) is 0 Å². The summed E-state index contributed by atoms with van der Waals surface area (Å²) in [6.07, 6.45) is 1.22. The molecule has 78 valence electrons. The lowest BCUT2D eigenvalue weighted by atomic mass is 10.1. The molecule has 0 fully saturated rings. The van der Waals surface area contributed by atoms with Crippen LogP contribution in [-0.2, 0) is 0 Å². The maximum Gasteiger partial charge on any atom is 0.149 e. The molecule has 0 aliphatic heterocycles. The Morgan fingerprint density at radius 2 is 1.93 bits per heavy atom. The van der Waals surface area contributed by atoms with E-state index in [9.17, 15) is 8.78 Å². The number of nitrogen functional groups attached to an aromatic ring is 2. The lowest BCUT2D eigenvalue weighted by Crippen LogP contribution is -2.01. The molecule has 0 spiro atoms. The minimum Gasteiger partial charge on any atom is -0.396 e. The molecule has 15 heavy (non-hydrogen) atoms. The Morgan fingerprint density at radius 1 is 1.27 bits per heavy atom. The highest BCUT2D eigenvalue weighted by Crippen LogP contribution is 2.30. The zero-order valence-corrected chi connectivity index (χ0v) is 8.01. The van der Waals surface area contributed by atoms with Crippen LogP contribution >= 0.6 is 0 Å². The Bertz CT molecular complexity index is 544. The average Bonchev–Trinajstić information content (AvgIpc) is 2.19. The lowest BCUT2D eigenvalue weighted by molar-refractivity contribution is 0.608. The Labute approximate surface area is 84.7 Å². The molecule has 0 unspecified atom stereocenters. The number of nitrogens with zero attached hydrogens (tertiary/aromatic N) is 1. The van der Waals surface area contributed by atoms with Crippen LogP contribution in [0.25, 0.3) is 10.9 Å². The van der Waals surface area contributed by atoms with E-state index in [-0.39, 0.29) is 27.8 Å². The van der Waals surface area contributed by atoms with Crippen molar-refractivity contribution in [3.63, 3.8) is 0 Å². The molecule has 4 N–H and O–H groups in total. The van der Waals surface area contributed by atoms with Gasteiger partial charge >= 0.3 is 0 Å². The van der Waals surface area contributed by atoms with Crippen molar-refractivity contribution in [3.8, 4) is 0 Å². The number of pyridine rings is 1. The molecule has 0 aliphatic carbocycles. The summed E-state index contributed by atoms with van der Waals surface area (Å²) in [5, 5.41) is -0.0486. The SMILES string of the molecule is Cc1cc(F)c2ncc(N)c(N)c2c1F. The summed E-state index contributed by atoms with van der Waals surface area (Å²) in [6.45, 7) is 1.46.